The Hall–Kier alpha value is -1.32. The lowest BCUT2D eigenvalue weighted by Gasteiger charge is -2.42. The molecule has 33 heavy (non-hydrogen) atoms. The summed E-state index contributed by atoms with van der Waals surface area (Å²) in [5, 5.41) is -5.08. The average molecular weight is 559 g/mol. The second-order valence-electron chi connectivity index (χ2n) is 5.78. The molecule has 0 amide bonds. The first-order valence-corrected chi connectivity index (χ1v) is 8.55. The maximum Gasteiger partial charge on any atom is 0.438 e. The highest BCUT2D eigenvalue weighted by atomic mass is 32.2. The first kappa shape index (κ1) is 33.9. The average Bonchev–Trinajstić information content (AvgIpc) is 2.60. The molecule has 22 heteroatoms. The predicted molar refractivity (Wildman–Crippen MR) is 72.1 cm³/mol. The van der Waals surface area contributed by atoms with Crippen molar-refractivity contribution in [2.24, 2.45) is 0 Å². The number of halogens is 17. The molecule has 0 aromatic heterocycles. The molecule has 202 valence electrons. The molecule has 0 aromatic rings. The van der Waals surface area contributed by atoms with Crippen LogP contribution >= 0.6 is 0 Å². The van der Waals surface area contributed by atoms with Crippen molar-refractivity contribution in [1.82, 2.24) is 5.32 Å². The molecule has 0 aliphatic rings. The van der Waals surface area contributed by atoms with Crippen molar-refractivity contribution >= 4 is 10.1 Å². The zero-order valence-electron chi connectivity index (χ0n) is 15.3. The van der Waals surface area contributed by atoms with Gasteiger partial charge in [-0.3, -0.25) is 4.55 Å². The summed E-state index contributed by atoms with van der Waals surface area (Å²) in [6.07, 6.45) is 0. The van der Waals surface area contributed by atoms with Crippen LogP contribution in [-0.4, -0.2) is 80.5 Å². The Morgan fingerprint density at radius 2 is 0.788 bits per heavy atom. The molecule has 4 nitrogen and oxygen atoms in total. The number of nitrogens with one attached hydrogen (secondary N) is 1. The molecule has 0 saturated carbocycles. The van der Waals surface area contributed by atoms with Crippen molar-refractivity contribution in [3.63, 3.8) is 0 Å². The minimum absolute atomic E-state index is 1.88. The lowest BCUT2D eigenvalue weighted by molar-refractivity contribution is -0.449. The van der Waals surface area contributed by atoms with Crippen LogP contribution in [0.5, 0.6) is 0 Å². The van der Waals surface area contributed by atoms with Gasteiger partial charge >= 0.3 is 56.8 Å². The third-order valence-corrected chi connectivity index (χ3v) is 4.19. The van der Waals surface area contributed by atoms with Crippen LogP contribution in [0.15, 0.2) is 0 Å². The number of rotatable bonds is 9. The largest absolute Gasteiger partial charge is 0.438 e. The highest BCUT2D eigenvalue weighted by Crippen LogP contribution is 2.64. The molecule has 0 atom stereocenters. The zero-order chi connectivity index (χ0) is 27.9. The highest BCUT2D eigenvalue weighted by molar-refractivity contribution is 7.87. The van der Waals surface area contributed by atoms with Gasteiger partial charge in [-0.2, -0.15) is 78.7 Å². The van der Waals surface area contributed by atoms with Crippen LogP contribution in [0.4, 0.5) is 74.6 Å². The molecule has 0 bridgehead atoms. The second-order valence-corrected chi connectivity index (χ2v) is 7.24. The van der Waals surface area contributed by atoms with Crippen molar-refractivity contribution in [2.45, 2.75) is 46.7 Å². The first-order chi connectivity index (χ1) is 14.0. The molecule has 0 aliphatic heterocycles. The summed E-state index contributed by atoms with van der Waals surface area (Å²) in [6.45, 7) is -4.01. The summed E-state index contributed by atoms with van der Waals surface area (Å²) in [7, 11) is -4.14. The van der Waals surface area contributed by atoms with Crippen molar-refractivity contribution in [1.29, 1.82) is 0 Å². The fourth-order valence-electron chi connectivity index (χ4n) is 1.45. The van der Waals surface area contributed by atoms with Gasteiger partial charge in [0.15, 0.2) is 6.67 Å². The van der Waals surface area contributed by atoms with Gasteiger partial charge in [0.2, 0.25) is 0 Å². The third-order valence-electron chi connectivity index (χ3n) is 3.29. The second kappa shape index (κ2) is 9.04. The Labute approximate surface area is 171 Å². The molecular weight excluding hydrogens is 549 g/mol. The van der Waals surface area contributed by atoms with Crippen LogP contribution in [-0.2, 0) is 10.1 Å². The lowest BCUT2D eigenvalue weighted by atomic mass is 9.89. The van der Waals surface area contributed by atoms with Crippen LogP contribution in [0.25, 0.3) is 0 Å². The van der Waals surface area contributed by atoms with Crippen molar-refractivity contribution in [2.75, 3.05) is 20.8 Å². The van der Waals surface area contributed by atoms with Crippen molar-refractivity contribution < 1.29 is 87.6 Å². The lowest BCUT2D eigenvalue weighted by Crippen LogP contribution is -2.75. The van der Waals surface area contributed by atoms with E-state index in [4.69, 9.17) is 4.55 Å². The summed E-state index contributed by atoms with van der Waals surface area (Å²) in [5.41, 5.74) is 0. The Balaban J connectivity index is 0. The molecule has 0 unspecified atom stereocenters. The van der Waals surface area contributed by atoms with E-state index in [-0.39, 0.29) is 0 Å². The van der Waals surface area contributed by atoms with E-state index >= 15 is 0 Å². The quantitative estimate of drug-likeness (QED) is 0.317. The fourth-order valence-corrected chi connectivity index (χ4v) is 1.90. The van der Waals surface area contributed by atoms with E-state index in [1.165, 1.54) is 0 Å². The molecule has 0 aliphatic carbocycles. The molecular formula is C11H10F17NO3S. The summed E-state index contributed by atoms with van der Waals surface area (Å²) in [6, 6.07) is 0. The van der Waals surface area contributed by atoms with Gasteiger partial charge in [-0.25, -0.2) is 4.39 Å². The van der Waals surface area contributed by atoms with Crippen molar-refractivity contribution in [3.8, 4) is 0 Å². The van der Waals surface area contributed by atoms with E-state index in [2.05, 4.69) is 5.32 Å². The molecule has 0 heterocycles. The van der Waals surface area contributed by atoms with E-state index in [0.717, 1.165) is 0 Å². The zero-order valence-corrected chi connectivity index (χ0v) is 16.1. The SMILES string of the molecule is CNC.O=S(=O)(O)C(F)(F)C(F)(F)C(F)(F)C(F)(F)C(F)(F)C(F)(F)C(F)(F)C(F)(F)CF. The van der Waals surface area contributed by atoms with Crippen LogP contribution in [0.3, 0.4) is 0 Å². The maximum absolute atomic E-state index is 13.2. The van der Waals surface area contributed by atoms with Crippen molar-refractivity contribution in [3.05, 3.63) is 0 Å². The Bertz CT molecular complexity index is 779. The molecule has 0 fully saturated rings. The normalized spacial score (nSPS) is 15.8. The summed E-state index contributed by atoms with van der Waals surface area (Å²) in [4.78, 5) is 0. The maximum atomic E-state index is 13.2. The number of hydrogen-bond acceptors (Lipinski definition) is 3. The van der Waals surface area contributed by atoms with E-state index in [9.17, 15) is 83.1 Å². The van der Waals surface area contributed by atoms with Crippen LogP contribution < -0.4 is 5.32 Å². The van der Waals surface area contributed by atoms with Gasteiger partial charge in [0.1, 0.15) is 0 Å². The minimum atomic E-state index is -8.85. The molecule has 0 radical (unpaired) electrons. The Morgan fingerprint density at radius 3 is 1.00 bits per heavy atom. The first-order valence-electron chi connectivity index (χ1n) is 7.11. The van der Waals surface area contributed by atoms with Gasteiger partial charge in [0.25, 0.3) is 0 Å². The van der Waals surface area contributed by atoms with Crippen LogP contribution in [0.1, 0.15) is 0 Å². The monoisotopic (exact) mass is 559 g/mol. The fraction of sp³-hybridized carbons (Fsp3) is 1.00. The van der Waals surface area contributed by atoms with Gasteiger partial charge in [0, 0.05) is 0 Å². The van der Waals surface area contributed by atoms with Gasteiger partial charge in [-0.15, -0.1) is 0 Å². The van der Waals surface area contributed by atoms with Gasteiger partial charge < -0.3 is 5.32 Å². The molecule has 0 spiro atoms. The van der Waals surface area contributed by atoms with Gasteiger partial charge in [-0.1, -0.05) is 0 Å². The standard InChI is InChI=1S/C9H3F17O3S.C2H7N/c10-1-2(11,12)3(13,14)4(15,16)5(17,18)6(19,20)7(21,22)8(23,24)9(25,26)30(27,28)29;1-3-2/h1H2,(H,27,28,29);3H,1-2H3. The highest BCUT2D eigenvalue weighted by Gasteiger charge is 2.95. The Morgan fingerprint density at radius 1 is 0.576 bits per heavy atom. The van der Waals surface area contributed by atoms with E-state index < -0.39 is 63.5 Å². The smallest absolute Gasteiger partial charge is 0.323 e. The van der Waals surface area contributed by atoms with Gasteiger partial charge in [-0.05, 0) is 14.1 Å². The number of hydrogen-bond donors (Lipinski definition) is 2. The van der Waals surface area contributed by atoms with Gasteiger partial charge in [0.05, 0.1) is 0 Å². The van der Waals surface area contributed by atoms with E-state index in [1.807, 2.05) is 14.1 Å². The molecule has 0 rings (SSSR count). The molecule has 0 aromatic carbocycles. The summed E-state index contributed by atoms with van der Waals surface area (Å²) >= 11 is 0. The van der Waals surface area contributed by atoms with Crippen LogP contribution in [0, 0.1) is 0 Å². The number of alkyl halides is 17. The topological polar surface area (TPSA) is 66.4 Å². The molecule has 0 saturated heterocycles. The minimum Gasteiger partial charge on any atom is -0.323 e. The Kier molecular flexibility index (Phi) is 9.27. The van der Waals surface area contributed by atoms with Crippen LogP contribution in [0.2, 0.25) is 0 Å². The summed E-state index contributed by atoms with van der Waals surface area (Å²) < 4.78 is 247. The van der Waals surface area contributed by atoms with E-state index in [1.54, 1.807) is 0 Å². The predicted octanol–water partition coefficient (Wildman–Crippen LogP) is 4.72. The molecule has 2 N–H and O–H groups in total. The summed E-state index contributed by atoms with van der Waals surface area (Å²) in [5.74, 6) is -58.4. The third kappa shape index (κ3) is 4.65. The van der Waals surface area contributed by atoms with E-state index in [0.29, 0.717) is 0 Å².